The molecule has 0 radical (unpaired) electrons. The van der Waals surface area contributed by atoms with Gasteiger partial charge in [-0.25, -0.2) is 4.79 Å². The Morgan fingerprint density at radius 2 is 1.13 bits per heavy atom. The second-order valence-electron chi connectivity index (χ2n) is 17.3. The fourth-order valence-electron chi connectivity index (χ4n) is 8.76. The van der Waals surface area contributed by atoms with Gasteiger partial charge in [-0.2, -0.15) is 0 Å². The number of aliphatic hydroxyl groups is 14. The van der Waals surface area contributed by atoms with Crippen LogP contribution < -0.4 is 10.6 Å². The summed E-state index contributed by atoms with van der Waals surface area (Å²) in [4.78, 5) is 38.1. The van der Waals surface area contributed by atoms with Crippen LogP contribution in [-0.4, -0.2) is 286 Å². The minimum absolute atomic E-state index is 0.0275. The van der Waals surface area contributed by atoms with Crippen molar-refractivity contribution in [3.05, 3.63) is 0 Å². The normalized spacial score (nSPS) is 46.1. The highest BCUT2D eigenvalue weighted by Gasteiger charge is 2.61. The molecule has 5 aliphatic heterocycles. The van der Waals surface area contributed by atoms with Gasteiger partial charge in [0.2, 0.25) is 11.8 Å². The molecule has 5 heterocycles. The minimum Gasteiger partial charge on any atom is -0.477 e. The van der Waals surface area contributed by atoms with E-state index in [1.54, 1.807) is 6.92 Å². The van der Waals surface area contributed by atoms with Gasteiger partial charge in [-0.15, -0.1) is 0 Å². The minimum atomic E-state index is -3.19. The molecule has 2 amide bonds. The summed E-state index contributed by atoms with van der Waals surface area (Å²) in [7, 11) is 0. The van der Waals surface area contributed by atoms with Gasteiger partial charge in [0.05, 0.1) is 44.7 Å². The molecule has 26 atom stereocenters. The van der Waals surface area contributed by atoms with E-state index in [1.165, 1.54) is 6.92 Å². The van der Waals surface area contributed by atoms with E-state index in [0.717, 1.165) is 13.8 Å². The number of nitrogens with one attached hydrogen (secondary N) is 2. The highest BCUT2D eigenvalue weighted by molar-refractivity contribution is 5.76. The predicted molar refractivity (Wildman–Crippen MR) is 215 cm³/mol. The third-order valence-corrected chi connectivity index (χ3v) is 12.4. The van der Waals surface area contributed by atoms with Gasteiger partial charge in [0.15, 0.2) is 25.2 Å². The van der Waals surface area contributed by atoms with Gasteiger partial charge in [0, 0.05) is 26.9 Å². The Morgan fingerprint density at radius 3 is 1.68 bits per heavy atom. The van der Waals surface area contributed by atoms with Crippen LogP contribution in [0.5, 0.6) is 0 Å². The number of aliphatic carboxylic acids is 1. The van der Waals surface area contributed by atoms with Crippen molar-refractivity contribution in [2.45, 2.75) is 193 Å². The molecular weight excluding hydrogens is 944 g/mol. The summed E-state index contributed by atoms with van der Waals surface area (Å²) in [5.41, 5.74) is 0. The summed E-state index contributed by atoms with van der Waals surface area (Å²) in [6.07, 6.45) is -45.2. The lowest BCUT2D eigenvalue weighted by Gasteiger charge is -2.52. The van der Waals surface area contributed by atoms with E-state index in [9.17, 15) is 91.0 Å². The Morgan fingerprint density at radius 1 is 0.623 bits per heavy atom. The first-order valence-corrected chi connectivity index (χ1v) is 22.1. The number of carbonyl (C=O) groups is 3. The Labute approximate surface area is 392 Å². The molecule has 0 unspecified atom stereocenters. The molecule has 17 N–H and O–H groups in total. The lowest BCUT2D eigenvalue weighted by Crippen LogP contribution is -2.72. The summed E-state index contributed by atoms with van der Waals surface area (Å²) < 4.78 is 58.1. The number of ether oxygens (including phenoxy) is 10. The molecule has 0 aliphatic carbocycles. The van der Waals surface area contributed by atoms with Crippen LogP contribution in [0, 0.1) is 0 Å². The number of carbonyl (C=O) groups excluding carboxylic acids is 2. The van der Waals surface area contributed by atoms with E-state index < -0.39 is 210 Å². The van der Waals surface area contributed by atoms with Gasteiger partial charge in [0.1, 0.15) is 110 Å². The van der Waals surface area contributed by atoms with E-state index in [2.05, 4.69) is 10.6 Å². The zero-order valence-corrected chi connectivity index (χ0v) is 37.7. The summed E-state index contributed by atoms with van der Waals surface area (Å²) in [6.45, 7) is 0.695. The van der Waals surface area contributed by atoms with E-state index in [4.69, 9.17) is 47.4 Å². The van der Waals surface area contributed by atoms with E-state index in [0.29, 0.717) is 0 Å². The molecule has 69 heavy (non-hydrogen) atoms. The van der Waals surface area contributed by atoms with Crippen molar-refractivity contribution in [2.24, 2.45) is 0 Å². The van der Waals surface area contributed by atoms with Crippen LogP contribution in [0.3, 0.4) is 0 Å². The topological polar surface area (TPSA) is 471 Å². The van der Waals surface area contributed by atoms with Crippen LogP contribution in [0.25, 0.3) is 0 Å². The molecule has 5 saturated heterocycles. The van der Waals surface area contributed by atoms with Crippen LogP contribution >= 0.6 is 0 Å². The molecule has 5 rings (SSSR count). The third-order valence-electron chi connectivity index (χ3n) is 12.4. The average Bonchev–Trinajstić information content (AvgIpc) is 3.30. The summed E-state index contributed by atoms with van der Waals surface area (Å²) in [5.74, 6) is -6.92. The number of hydrogen-bond donors (Lipinski definition) is 17. The third kappa shape index (κ3) is 12.5. The van der Waals surface area contributed by atoms with Gasteiger partial charge in [-0.05, 0) is 13.8 Å². The fourth-order valence-corrected chi connectivity index (χ4v) is 8.76. The zero-order valence-electron chi connectivity index (χ0n) is 37.7. The van der Waals surface area contributed by atoms with E-state index in [1.807, 2.05) is 0 Å². The van der Waals surface area contributed by atoms with Crippen molar-refractivity contribution >= 4 is 17.8 Å². The molecule has 5 fully saturated rings. The maximum absolute atomic E-state index is 13.1. The number of rotatable bonds is 19. The number of aliphatic hydroxyl groups excluding tert-OH is 14. The fraction of sp³-hybridized carbons (Fsp3) is 0.923. The largest absolute Gasteiger partial charge is 0.477 e. The molecular formula is C39H66N2O28. The molecule has 0 aromatic carbocycles. The van der Waals surface area contributed by atoms with Crippen LogP contribution in [0.15, 0.2) is 0 Å². The van der Waals surface area contributed by atoms with Crippen LogP contribution in [0.2, 0.25) is 0 Å². The molecule has 0 saturated carbocycles. The number of carboxylic acids is 1. The quantitative estimate of drug-likeness (QED) is 0.0571. The second kappa shape index (κ2) is 24.4. The molecule has 0 bridgehead atoms. The van der Waals surface area contributed by atoms with Crippen molar-refractivity contribution in [3.63, 3.8) is 0 Å². The van der Waals surface area contributed by atoms with E-state index in [-0.39, 0.29) is 6.61 Å². The van der Waals surface area contributed by atoms with Crippen LogP contribution in [0.4, 0.5) is 0 Å². The lowest BCUT2D eigenvalue weighted by atomic mass is 9.88. The Bertz CT molecular complexity index is 1670. The highest BCUT2D eigenvalue weighted by Crippen LogP contribution is 2.40. The summed E-state index contributed by atoms with van der Waals surface area (Å²) in [6, 6.07) is -3.43. The van der Waals surface area contributed by atoms with Crippen molar-refractivity contribution < 1.29 is 138 Å². The zero-order chi connectivity index (χ0) is 51.4. The lowest BCUT2D eigenvalue weighted by molar-refractivity contribution is -0.397. The van der Waals surface area contributed by atoms with Crippen molar-refractivity contribution in [2.75, 3.05) is 33.0 Å². The van der Waals surface area contributed by atoms with E-state index >= 15 is 0 Å². The molecule has 30 heteroatoms. The molecule has 0 aromatic heterocycles. The molecule has 30 nitrogen and oxygen atoms in total. The van der Waals surface area contributed by atoms with Gasteiger partial charge in [-0.3, -0.25) is 9.59 Å². The van der Waals surface area contributed by atoms with Crippen molar-refractivity contribution in [1.29, 1.82) is 0 Å². The first-order valence-electron chi connectivity index (χ1n) is 22.1. The maximum Gasteiger partial charge on any atom is 0.364 e. The second-order valence-corrected chi connectivity index (χ2v) is 17.3. The van der Waals surface area contributed by atoms with Gasteiger partial charge < -0.3 is 135 Å². The van der Waals surface area contributed by atoms with Crippen molar-refractivity contribution in [1.82, 2.24) is 10.6 Å². The maximum atomic E-state index is 13.1. The average molecular weight is 1010 g/mol. The Balaban J connectivity index is 1.55. The Kier molecular flexibility index (Phi) is 20.3. The summed E-state index contributed by atoms with van der Waals surface area (Å²) in [5, 5.41) is 166. The predicted octanol–water partition coefficient (Wildman–Crippen LogP) is -10.4. The van der Waals surface area contributed by atoms with Gasteiger partial charge in [0.25, 0.3) is 5.79 Å². The SMILES string of the molecule is CCO[C@@H]1O[C@H](CO)[C@H](O)[C@H](O[C@@H]2O[C@H](CO)[C@@H](O[C@@H]3O[C@H](CO)[C@H](O)[C@H](O[C@]4(C(=O)O)C[C@H](O)[C@@H](NC(C)=O)[C@H]([C@H](O)[C@H](O)CO)O4)[C@H]3O)[C@H](O[C@@H]3O[C@@H](C)[C@@H](O)[C@@H](O)[C@@H]3O)[C@H]2NC(C)=O)[C@H]1O. The highest BCUT2D eigenvalue weighted by atomic mass is 16.8. The monoisotopic (exact) mass is 1010 g/mol. The first kappa shape index (κ1) is 57.4. The molecule has 400 valence electrons. The van der Waals surface area contributed by atoms with Gasteiger partial charge >= 0.3 is 5.97 Å². The molecule has 0 spiro atoms. The smallest absolute Gasteiger partial charge is 0.364 e. The number of carboxylic acid groups (broad SMARTS) is 1. The molecule has 0 aromatic rings. The van der Waals surface area contributed by atoms with Crippen LogP contribution in [-0.2, 0) is 61.8 Å². The summed E-state index contributed by atoms with van der Waals surface area (Å²) >= 11 is 0. The number of hydrogen-bond acceptors (Lipinski definition) is 27. The molecule has 5 aliphatic rings. The van der Waals surface area contributed by atoms with Crippen molar-refractivity contribution in [3.8, 4) is 0 Å². The standard InChI is InChI=1S/C39H66N2O28/c1-5-60-35-27(56)32(23(52)16(8-43)62-35)67-34-20(41-13(4)47)31(66-36-26(55)25(54)21(50)11(2)61-36)29(18(10-45)64-34)65-37-28(57)33(24(53)17(9-44)63-37)69-39(38(58)59)6-14(48)19(40-12(3)46)30(68-39)22(51)15(49)7-42/h11,14-37,42-45,48-57H,5-10H2,1-4H3,(H,40,46)(H,41,47)(H,58,59)/t11-,14-,15+,16+,17+,18+,19+,20+,21+,22+,23-,24-,25+,26-,27+,28+,29+,30+,31+,32-,33-,34-,35+,36-,37-,39-/m0/s1. The van der Waals surface area contributed by atoms with Gasteiger partial charge in [-0.1, -0.05) is 0 Å². The number of amides is 2. The first-order chi connectivity index (χ1) is 32.5. The Hall–Kier alpha value is -2.55. The van der Waals surface area contributed by atoms with Crippen LogP contribution in [0.1, 0.15) is 34.1 Å².